The third-order valence-corrected chi connectivity index (χ3v) is 2.58. The van der Waals surface area contributed by atoms with Crippen LogP contribution in [0.15, 0.2) is 30.2 Å². The van der Waals surface area contributed by atoms with Crippen molar-refractivity contribution >= 4 is 11.9 Å². The molecule has 1 N–H and O–H groups in total. The number of aliphatic hydroxyl groups excluding tert-OH is 1. The van der Waals surface area contributed by atoms with E-state index in [1.54, 1.807) is 6.07 Å². The topological polar surface area (TPSA) is 91.3 Å². The molecule has 0 aliphatic carbocycles. The Morgan fingerprint density at radius 1 is 1.40 bits per heavy atom. The first kappa shape index (κ1) is 13.9. The first-order valence-corrected chi connectivity index (χ1v) is 5.59. The molecule has 106 valence electrons. The molecule has 1 aliphatic rings. The molecule has 7 nitrogen and oxygen atoms in total. The largest absolute Gasteiger partial charge is 0.500 e. The van der Waals surface area contributed by atoms with Crippen molar-refractivity contribution in [1.29, 1.82) is 0 Å². The number of benzene rings is 1. The van der Waals surface area contributed by atoms with E-state index in [0.29, 0.717) is 0 Å². The van der Waals surface area contributed by atoms with Crippen LogP contribution in [-0.2, 0) is 19.0 Å². The van der Waals surface area contributed by atoms with Gasteiger partial charge < -0.3 is 24.1 Å². The summed E-state index contributed by atoms with van der Waals surface area (Å²) in [5, 5.41) is 9.54. The zero-order valence-electron chi connectivity index (χ0n) is 10.8. The van der Waals surface area contributed by atoms with E-state index in [9.17, 15) is 14.7 Å². The lowest BCUT2D eigenvalue weighted by atomic mass is 10.1. The second-order valence-electron chi connectivity index (χ2n) is 3.79. The van der Waals surface area contributed by atoms with Crippen LogP contribution in [0, 0.1) is 0 Å². The van der Waals surface area contributed by atoms with Crippen LogP contribution in [0.25, 0.3) is 0 Å². The van der Waals surface area contributed by atoms with Crippen molar-refractivity contribution in [2.45, 2.75) is 6.29 Å². The number of methoxy groups -OCH3 is 2. The molecular weight excluding hydrogens is 268 g/mol. The number of carbonyl (C=O) groups excluding carboxylic acids is 2. The fraction of sp³-hybridized carbons (Fsp3) is 0.231. The summed E-state index contributed by atoms with van der Waals surface area (Å²) in [7, 11) is 2.52. The third kappa shape index (κ3) is 2.43. The second-order valence-corrected chi connectivity index (χ2v) is 3.79. The van der Waals surface area contributed by atoms with Crippen LogP contribution in [0.4, 0.5) is 0 Å². The van der Waals surface area contributed by atoms with Gasteiger partial charge in [-0.2, -0.15) is 0 Å². The first-order valence-electron chi connectivity index (χ1n) is 5.59. The monoisotopic (exact) mass is 280 g/mol. The molecule has 1 unspecified atom stereocenters. The maximum atomic E-state index is 11.6. The summed E-state index contributed by atoms with van der Waals surface area (Å²) in [4.78, 5) is 23.1. The molecule has 0 aromatic heterocycles. The number of ether oxygens (including phenoxy) is 4. The van der Waals surface area contributed by atoms with Crippen molar-refractivity contribution < 1.29 is 33.6 Å². The predicted octanol–water partition coefficient (Wildman–Crippen LogP) is 0.887. The Kier molecular flexibility index (Phi) is 3.90. The highest BCUT2D eigenvalue weighted by molar-refractivity contribution is 5.97. The van der Waals surface area contributed by atoms with Crippen LogP contribution in [0.5, 0.6) is 5.75 Å². The Bertz CT molecular complexity index is 576. The predicted molar refractivity (Wildman–Crippen MR) is 64.6 cm³/mol. The van der Waals surface area contributed by atoms with E-state index in [0.717, 1.165) is 6.26 Å². The van der Waals surface area contributed by atoms with Crippen LogP contribution in [0.3, 0.4) is 0 Å². The van der Waals surface area contributed by atoms with E-state index in [-0.39, 0.29) is 22.6 Å². The van der Waals surface area contributed by atoms with Gasteiger partial charge in [0.15, 0.2) is 0 Å². The molecule has 0 amide bonds. The van der Waals surface area contributed by atoms with E-state index in [1.165, 1.54) is 26.4 Å². The highest BCUT2D eigenvalue weighted by Gasteiger charge is 2.33. The van der Waals surface area contributed by atoms with Crippen molar-refractivity contribution in [3.63, 3.8) is 0 Å². The molecule has 1 aromatic rings. The van der Waals surface area contributed by atoms with Crippen molar-refractivity contribution in [3.05, 3.63) is 41.3 Å². The van der Waals surface area contributed by atoms with Gasteiger partial charge in [-0.25, -0.2) is 9.59 Å². The molecule has 2 rings (SSSR count). The van der Waals surface area contributed by atoms with Crippen LogP contribution < -0.4 is 4.74 Å². The number of fused-ring (bicyclic) bond motifs is 1. The van der Waals surface area contributed by atoms with Gasteiger partial charge in [-0.3, -0.25) is 0 Å². The zero-order chi connectivity index (χ0) is 14.7. The first-order chi connectivity index (χ1) is 9.58. The van der Waals surface area contributed by atoms with E-state index < -0.39 is 18.2 Å². The van der Waals surface area contributed by atoms with E-state index in [2.05, 4.69) is 9.47 Å². The molecular formula is C13H12O7. The molecule has 0 saturated heterocycles. The molecule has 1 aliphatic heterocycles. The van der Waals surface area contributed by atoms with Crippen molar-refractivity contribution in [3.8, 4) is 5.75 Å². The average Bonchev–Trinajstić information content (AvgIpc) is 2.73. The van der Waals surface area contributed by atoms with Gasteiger partial charge in [0.05, 0.1) is 14.2 Å². The number of carbonyl (C=O) groups is 2. The number of hydrogen-bond acceptors (Lipinski definition) is 7. The Morgan fingerprint density at radius 3 is 2.80 bits per heavy atom. The Balaban J connectivity index is 2.38. The smallest absolute Gasteiger partial charge is 0.377 e. The highest BCUT2D eigenvalue weighted by atomic mass is 16.6. The fourth-order valence-electron chi connectivity index (χ4n) is 1.72. The van der Waals surface area contributed by atoms with Gasteiger partial charge in [-0.05, 0) is 6.07 Å². The number of cyclic esters (lactones) is 1. The minimum Gasteiger partial charge on any atom is -0.500 e. The number of rotatable bonds is 4. The highest BCUT2D eigenvalue weighted by Crippen LogP contribution is 2.35. The summed E-state index contributed by atoms with van der Waals surface area (Å²) in [6.07, 6.45) is -0.295. The minimum atomic E-state index is -1.34. The molecule has 0 spiro atoms. The molecule has 0 saturated carbocycles. The molecule has 0 fully saturated rings. The molecule has 0 radical (unpaired) electrons. The number of esters is 2. The van der Waals surface area contributed by atoms with Gasteiger partial charge in [0.1, 0.15) is 17.6 Å². The molecule has 1 aromatic carbocycles. The summed E-state index contributed by atoms with van der Waals surface area (Å²) in [5.41, 5.74) is 0.333. The Labute approximate surface area is 114 Å². The van der Waals surface area contributed by atoms with Crippen molar-refractivity contribution in [2.24, 2.45) is 0 Å². The second kappa shape index (κ2) is 5.62. The van der Waals surface area contributed by atoms with Crippen LogP contribution in [0.2, 0.25) is 0 Å². The molecule has 1 heterocycles. The minimum absolute atomic E-state index is 0.0610. The van der Waals surface area contributed by atoms with Gasteiger partial charge >= 0.3 is 11.9 Å². The summed E-state index contributed by atoms with van der Waals surface area (Å²) in [6, 6.07) is 4.54. The SMILES string of the molecule is COC=C(Oc1cccc2c1C(=O)OC2O)C(=O)OC. The summed E-state index contributed by atoms with van der Waals surface area (Å²) in [5.74, 6) is -1.67. The van der Waals surface area contributed by atoms with E-state index in [4.69, 9.17) is 9.47 Å². The molecule has 0 bridgehead atoms. The maximum Gasteiger partial charge on any atom is 0.377 e. The summed E-state index contributed by atoms with van der Waals surface area (Å²) >= 11 is 0. The summed E-state index contributed by atoms with van der Waals surface area (Å²) in [6.45, 7) is 0. The fourth-order valence-corrected chi connectivity index (χ4v) is 1.72. The van der Waals surface area contributed by atoms with Crippen molar-refractivity contribution in [2.75, 3.05) is 14.2 Å². The Hall–Kier alpha value is -2.54. The van der Waals surface area contributed by atoms with Crippen molar-refractivity contribution in [1.82, 2.24) is 0 Å². The van der Waals surface area contributed by atoms with E-state index in [1.807, 2.05) is 0 Å². The summed E-state index contributed by atoms with van der Waals surface area (Å²) < 4.78 is 19.2. The lowest BCUT2D eigenvalue weighted by Gasteiger charge is -2.09. The Morgan fingerprint density at radius 2 is 2.15 bits per heavy atom. The molecule has 7 heteroatoms. The van der Waals surface area contributed by atoms with Gasteiger partial charge in [-0.15, -0.1) is 0 Å². The van der Waals surface area contributed by atoms with Gasteiger partial charge in [-0.1, -0.05) is 12.1 Å². The third-order valence-electron chi connectivity index (χ3n) is 2.58. The van der Waals surface area contributed by atoms with Gasteiger partial charge in [0.2, 0.25) is 12.0 Å². The number of hydrogen-bond donors (Lipinski definition) is 1. The van der Waals surface area contributed by atoms with Crippen LogP contribution in [0.1, 0.15) is 22.2 Å². The molecule has 20 heavy (non-hydrogen) atoms. The van der Waals surface area contributed by atoms with Crippen LogP contribution >= 0.6 is 0 Å². The standard InChI is InChI=1S/C13H12O7/c1-17-6-9(12(15)18-2)19-8-5-3-4-7-10(8)13(16)20-11(7)14/h3-6,11,14H,1-2H3. The lowest BCUT2D eigenvalue weighted by molar-refractivity contribution is -0.138. The van der Waals surface area contributed by atoms with E-state index >= 15 is 0 Å². The molecule has 1 atom stereocenters. The average molecular weight is 280 g/mol. The maximum absolute atomic E-state index is 11.6. The quantitative estimate of drug-likeness (QED) is 0.497. The lowest BCUT2D eigenvalue weighted by Crippen LogP contribution is -2.12. The van der Waals surface area contributed by atoms with Gasteiger partial charge in [0.25, 0.3) is 0 Å². The van der Waals surface area contributed by atoms with Crippen LogP contribution in [-0.4, -0.2) is 31.3 Å². The number of aliphatic hydroxyl groups is 1. The van der Waals surface area contributed by atoms with Gasteiger partial charge in [0, 0.05) is 5.56 Å². The zero-order valence-corrected chi connectivity index (χ0v) is 10.8. The normalized spacial score (nSPS) is 17.2.